The van der Waals surface area contributed by atoms with Gasteiger partial charge in [0.25, 0.3) is 5.91 Å². The first-order chi connectivity index (χ1) is 13.0. The molecule has 3 rings (SSSR count). The molecular formula is C20H29FN4O2. The minimum absolute atomic E-state index is 0.0226. The van der Waals surface area contributed by atoms with Crippen molar-refractivity contribution >= 4 is 11.8 Å². The summed E-state index contributed by atoms with van der Waals surface area (Å²) in [6.07, 6.45) is -0.657. The van der Waals surface area contributed by atoms with E-state index in [1.807, 2.05) is 49.1 Å². The number of hydrogen-bond acceptors (Lipinski definition) is 4. The minimum atomic E-state index is -1.53. The number of carbonyl (C=O) groups is 2. The SMILES string of the molecule is CC(C)C1NC(N2CCN(C(=O)CCc3ccccc3)CC2)NC(=O)C1F. The van der Waals surface area contributed by atoms with Crippen LogP contribution in [-0.4, -0.2) is 66.3 Å². The Labute approximate surface area is 160 Å². The second-order valence-corrected chi connectivity index (χ2v) is 7.65. The minimum Gasteiger partial charge on any atom is -0.340 e. The molecule has 2 amide bonds. The fraction of sp³-hybridized carbons (Fsp3) is 0.600. The molecular weight excluding hydrogens is 347 g/mol. The third-order valence-electron chi connectivity index (χ3n) is 5.42. The van der Waals surface area contributed by atoms with E-state index < -0.39 is 18.1 Å². The number of hydrogen-bond donors (Lipinski definition) is 2. The number of aryl methyl sites for hydroxylation is 1. The van der Waals surface area contributed by atoms with Gasteiger partial charge < -0.3 is 10.2 Å². The largest absolute Gasteiger partial charge is 0.340 e. The van der Waals surface area contributed by atoms with E-state index in [2.05, 4.69) is 15.5 Å². The lowest BCUT2D eigenvalue weighted by Gasteiger charge is -2.44. The highest BCUT2D eigenvalue weighted by atomic mass is 19.1. The zero-order valence-corrected chi connectivity index (χ0v) is 16.0. The molecule has 1 aromatic rings. The third-order valence-corrected chi connectivity index (χ3v) is 5.42. The second-order valence-electron chi connectivity index (χ2n) is 7.65. The monoisotopic (exact) mass is 376 g/mol. The van der Waals surface area contributed by atoms with Gasteiger partial charge in [-0.15, -0.1) is 0 Å². The van der Waals surface area contributed by atoms with Crippen molar-refractivity contribution < 1.29 is 14.0 Å². The van der Waals surface area contributed by atoms with E-state index in [-0.39, 0.29) is 18.1 Å². The van der Waals surface area contributed by atoms with Gasteiger partial charge >= 0.3 is 0 Å². The summed E-state index contributed by atoms with van der Waals surface area (Å²) >= 11 is 0. The van der Waals surface area contributed by atoms with Gasteiger partial charge in [-0.1, -0.05) is 44.2 Å². The van der Waals surface area contributed by atoms with E-state index in [0.29, 0.717) is 32.6 Å². The quantitative estimate of drug-likeness (QED) is 0.809. The summed E-state index contributed by atoms with van der Waals surface area (Å²) in [5.74, 6) is -0.378. The topological polar surface area (TPSA) is 64.7 Å². The fourth-order valence-electron chi connectivity index (χ4n) is 3.70. The van der Waals surface area contributed by atoms with Crippen molar-refractivity contribution in [1.29, 1.82) is 0 Å². The van der Waals surface area contributed by atoms with Crippen LogP contribution >= 0.6 is 0 Å². The summed E-state index contributed by atoms with van der Waals surface area (Å²) in [6, 6.07) is 9.51. The molecule has 27 heavy (non-hydrogen) atoms. The molecule has 2 aliphatic rings. The van der Waals surface area contributed by atoms with Gasteiger partial charge in [-0.25, -0.2) is 4.39 Å². The second kappa shape index (κ2) is 8.80. The first kappa shape index (κ1) is 19.8. The lowest BCUT2D eigenvalue weighted by molar-refractivity contribution is -0.138. The van der Waals surface area contributed by atoms with Crippen LogP contribution in [0.3, 0.4) is 0 Å². The van der Waals surface area contributed by atoms with Crippen LogP contribution in [-0.2, 0) is 16.0 Å². The summed E-state index contributed by atoms with van der Waals surface area (Å²) in [7, 11) is 0. The molecule has 0 aliphatic carbocycles. The van der Waals surface area contributed by atoms with E-state index in [1.165, 1.54) is 5.56 Å². The number of carbonyl (C=O) groups excluding carboxylic acids is 2. The van der Waals surface area contributed by atoms with Crippen LogP contribution in [0.5, 0.6) is 0 Å². The maximum absolute atomic E-state index is 14.1. The lowest BCUT2D eigenvalue weighted by Crippen LogP contribution is -2.71. The van der Waals surface area contributed by atoms with E-state index in [9.17, 15) is 14.0 Å². The first-order valence-corrected chi connectivity index (χ1v) is 9.72. The number of rotatable bonds is 5. The summed E-state index contributed by atoms with van der Waals surface area (Å²) < 4.78 is 14.1. The Bertz CT molecular complexity index is 647. The first-order valence-electron chi connectivity index (χ1n) is 9.72. The Morgan fingerprint density at radius 3 is 2.48 bits per heavy atom. The zero-order valence-electron chi connectivity index (χ0n) is 16.0. The molecule has 1 aromatic carbocycles. The molecule has 148 valence electrons. The molecule has 0 bridgehead atoms. The van der Waals surface area contributed by atoms with Crippen molar-refractivity contribution in [2.45, 2.75) is 45.2 Å². The van der Waals surface area contributed by atoms with Gasteiger partial charge in [-0.3, -0.25) is 19.8 Å². The van der Waals surface area contributed by atoms with Crippen LogP contribution in [0.25, 0.3) is 0 Å². The van der Waals surface area contributed by atoms with Crippen molar-refractivity contribution in [1.82, 2.24) is 20.4 Å². The predicted octanol–water partition coefficient (Wildman–Crippen LogP) is 1.13. The van der Waals surface area contributed by atoms with Gasteiger partial charge in [-0.05, 0) is 17.9 Å². The van der Waals surface area contributed by atoms with Crippen molar-refractivity contribution in [2.24, 2.45) is 5.92 Å². The Balaban J connectivity index is 1.48. The molecule has 7 heteroatoms. The molecule has 0 saturated carbocycles. The highest BCUT2D eigenvalue weighted by Gasteiger charge is 2.40. The fourth-order valence-corrected chi connectivity index (χ4v) is 3.70. The molecule has 2 N–H and O–H groups in total. The van der Waals surface area contributed by atoms with Crippen molar-refractivity contribution in [3.05, 3.63) is 35.9 Å². The normalized spacial score (nSPS) is 26.9. The molecule has 2 heterocycles. The molecule has 2 fully saturated rings. The predicted molar refractivity (Wildman–Crippen MR) is 102 cm³/mol. The van der Waals surface area contributed by atoms with Crippen molar-refractivity contribution in [3.63, 3.8) is 0 Å². The third kappa shape index (κ3) is 4.84. The van der Waals surface area contributed by atoms with Gasteiger partial charge in [-0.2, -0.15) is 0 Å². The van der Waals surface area contributed by atoms with Crippen LogP contribution in [0, 0.1) is 5.92 Å². The van der Waals surface area contributed by atoms with Crippen LogP contribution in [0.1, 0.15) is 25.8 Å². The maximum Gasteiger partial charge on any atom is 0.258 e. The van der Waals surface area contributed by atoms with Gasteiger partial charge in [0.2, 0.25) is 5.91 Å². The number of nitrogens with zero attached hydrogens (tertiary/aromatic N) is 2. The van der Waals surface area contributed by atoms with Crippen molar-refractivity contribution in [3.8, 4) is 0 Å². The van der Waals surface area contributed by atoms with E-state index >= 15 is 0 Å². The van der Waals surface area contributed by atoms with Crippen molar-refractivity contribution in [2.75, 3.05) is 26.2 Å². The molecule has 0 aromatic heterocycles. The van der Waals surface area contributed by atoms with Gasteiger partial charge in [0.1, 0.15) is 6.29 Å². The van der Waals surface area contributed by atoms with Gasteiger partial charge in [0, 0.05) is 32.6 Å². The van der Waals surface area contributed by atoms with Gasteiger partial charge in [0.15, 0.2) is 6.17 Å². The number of benzene rings is 1. The maximum atomic E-state index is 14.1. The van der Waals surface area contributed by atoms with Crippen LogP contribution in [0.4, 0.5) is 4.39 Å². The standard InChI is InChI=1S/C20H29FN4O2/c1-14(2)18-17(21)19(27)23-20(22-18)25-12-10-24(11-13-25)16(26)9-8-15-6-4-3-5-7-15/h3-7,14,17-18,20,22H,8-13H2,1-2H3,(H,23,27). The number of piperazine rings is 1. The van der Waals surface area contributed by atoms with Crippen LogP contribution in [0.15, 0.2) is 30.3 Å². The average molecular weight is 376 g/mol. The Morgan fingerprint density at radius 1 is 1.19 bits per heavy atom. The molecule has 0 radical (unpaired) electrons. The van der Waals surface area contributed by atoms with Crippen LogP contribution < -0.4 is 10.6 Å². The summed E-state index contributed by atoms with van der Waals surface area (Å²) in [5.41, 5.74) is 1.17. The molecule has 3 atom stereocenters. The van der Waals surface area contributed by atoms with Gasteiger partial charge in [0.05, 0.1) is 6.04 Å². The van der Waals surface area contributed by atoms with E-state index in [4.69, 9.17) is 0 Å². The Kier molecular flexibility index (Phi) is 6.44. The molecule has 2 saturated heterocycles. The smallest absolute Gasteiger partial charge is 0.258 e. The molecule has 2 aliphatic heterocycles. The molecule has 3 unspecified atom stereocenters. The number of amides is 2. The number of halogens is 1. The number of nitrogens with one attached hydrogen (secondary N) is 2. The highest BCUT2D eigenvalue weighted by molar-refractivity contribution is 5.82. The van der Waals surface area contributed by atoms with E-state index in [0.717, 1.165) is 6.42 Å². The molecule has 0 spiro atoms. The average Bonchev–Trinajstić information content (AvgIpc) is 2.68. The lowest BCUT2D eigenvalue weighted by atomic mass is 9.97. The Hall–Kier alpha value is -1.99. The summed E-state index contributed by atoms with van der Waals surface area (Å²) in [4.78, 5) is 28.3. The summed E-state index contributed by atoms with van der Waals surface area (Å²) in [5, 5.41) is 5.92. The Morgan fingerprint density at radius 2 is 1.85 bits per heavy atom. The highest BCUT2D eigenvalue weighted by Crippen LogP contribution is 2.17. The van der Waals surface area contributed by atoms with E-state index in [1.54, 1.807) is 0 Å². The summed E-state index contributed by atoms with van der Waals surface area (Å²) in [6.45, 7) is 6.35. The number of alkyl halides is 1. The molecule has 6 nitrogen and oxygen atoms in total. The zero-order chi connectivity index (χ0) is 19.4. The van der Waals surface area contributed by atoms with Crippen LogP contribution in [0.2, 0.25) is 0 Å².